The van der Waals surface area contributed by atoms with Crippen molar-refractivity contribution in [2.45, 2.75) is 6.54 Å². The summed E-state index contributed by atoms with van der Waals surface area (Å²) in [5.74, 6) is 0.0927. The maximum atomic E-state index is 13.1. The van der Waals surface area contributed by atoms with Gasteiger partial charge in [-0.25, -0.2) is 9.07 Å². The molecule has 3 aromatic rings. The number of nitrogens with zero attached hydrogens (tertiary/aromatic N) is 4. The Labute approximate surface area is 173 Å². The molecule has 1 aliphatic rings. The fourth-order valence-electron chi connectivity index (χ4n) is 3.42. The van der Waals surface area contributed by atoms with Crippen molar-refractivity contribution in [1.29, 1.82) is 0 Å². The topological polar surface area (TPSA) is 70.5 Å². The molecule has 0 aliphatic carbocycles. The highest BCUT2D eigenvalue weighted by Crippen LogP contribution is 2.19. The average Bonchev–Trinajstić information content (AvgIpc) is 2.77. The van der Waals surface area contributed by atoms with E-state index in [1.54, 1.807) is 30.3 Å². The molecular weight excluding hydrogens is 385 g/mol. The molecule has 2 heterocycles. The van der Waals surface area contributed by atoms with E-state index in [1.807, 2.05) is 18.2 Å². The molecule has 0 unspecified atom stereocenters. The molecule has 0 bridgehead atoms. The number of anilines is 3. The summed E-state index contributed by atoms with van der Waals surface area (Å²) < 4.78 is 14.3. The summed E-state index contributed by atoms with van der Waals surface area (Å²) in [6.45, 7) is 2.76. The van der Waals surface area contributed by atoms with Crippen LogP contribution in [0, 0.1) is 5.82 Å². The summed E-state index contributed by atoms with van der Waals surface area (Å²) in [4.78, 5) is 28.7. The van der Waals surface area contributed by atoms with Crippen LogP contribution in [0.1, 0.15) is 0 Å². The summed E-state index contributed by atoms with van der Waals surface area (Å²) in [5.41, 5.74) is 1.32. The molecule has 1 aliphatic heterocycles. The average molecular weight is 407 g/mol. The number of benzene rings is 2. The van der Waals surface area contributed by atoms with E-state index in [9.17, 15) is 14.0 Å². The Morgan fingerprint density at radius 3 is 2.27 bits per heavy atom. The Morgan fingerprint density at radius 1 is 0.900 bits per heavy atom. The Bertz CT molecular complexity index is 1060. The number of aromatic nitrogens is 2. The van der Waals surface area contributed by atoms with Crippen molar-refractivity contribution in [3.05, 3.63) is 82.9 Å². The number of amides is 1. The van der Waals surface area contributed by atoms with E-state index in [1.165, 1.54) is 22.9 Å². The molecule has 8 heteroatoms. The van der Waals surface area contributed by atoms with Crippen molar-refractivity contribution in [1.82, 2.24) is 9.78 Å². The molecule has 30 heavy (non-hydrogen) atoms. The lowest BCUT2D eigenvalue weighted by molar-refractivity contribution is -0.117. The summed E-state index contributed by atoms with van der Waals surface area (Å²) in [6.07, 6.45) is 0. The molecule has 0 radical (unpaired) electrons. The molecule has 1 saturated heterocycles. The van der Waals surface area contributed by atoms with Gasteiger partial charge in [0, 0.05) is 43.6 Å². The number of carbonyl (C=O) groups excluding carboxylic acids is 1. The van der Waals surface area contributed by atoms with Gasteiger partial charge < -0.3 is 15.1 Å². The number of halogens is 1. The second kappa shape index (κ2) is 8.77. The maximum Gasteiger partial charge on any atom is 0.267 e. The standard InChI is InChI=1S/C22H22FN5O2/c23-17-6-8-19(9-7-17)26-12-14-27(15-13-26)20-10-11-22(30)28(25-20)16-21(29)24-18-4-2-1-3-5-18/h1-11H,12-16H2,(H,24,29). The first kappa shape index (κ1) is 19.6. The minimum Gasteiger partial charge on any atom is -0.368 e. The molecule has 7 nitrogen and oxygen atoms in total. The maximum absolute atomic E-state index is 13.1. The molecule has 1 fully saturated rings. The number of carbonyl (C=O) groups is 1. The van der Waals surface area contributed by atoms with Gasteiger partial charge in [-0.1, -0.05) is 18.2 Å². The minimum absolute atomic E-state index is 0.156. The lowest BCUT2D eigenvalue weighted by Gasteiger charge is -2.36. The summed E-state index contributed by atoms with van der Waals surface area (Å²) in [6, 6.07) is 18.7. The zero-order valence-electron chi connectivity index (χ0n) is 16.4. The lowest BCUT2D eigenvalue weighted by Crippen LogP contribution is -2.47. The van der Waals surface area contributed by atoms with Gasteiger partial charge in [0.25, 0.3) is 5.56 Å². The normalized spacial score (nSPS) is 13.9. The van der Waals surface area contributed by atoms with Crippen molar-refractivity contribution in [2.75, 3.05) is 41.3 Å². The third-order valence-electron chi connectivity index (χ3n) is 5.00. The third kappa shape index (κ3) is 4.65. The molecule has 1 aromatic heterocycles. The van der Waals surface area contributed by atoms with Crippen molar-refractivity contribution in [3.8, 4) is 0 Å². The van der Waals surface area contributed by atoms with Crippen LogP contribution in [0.2, 0.25) is 0 Å². The molecule has 1 N–H and O–H groups in total. The van der Waals surface area contributed by atoms with Crippen LogP contribution >= 0.6 is 0 Å². The first-order valence-corrected chi connectivity index (χ1v) is 9.77. The van der Waals surface area contributed by atoms with Crippen LogP contribution in [0.5, 0.6) is 0 Å². The summed E-state index contributed by atoms with van der Waals surface area (Å²) in [7, 11) is 0. The van der Waals surface area contributed by atoms with E-state index in [4.69, 9.17) is 0 Å². The van der Waals surface area contributed by atoms with Gasteiger partial charge in [0.15, 0.2) is 0 Å². The van der Waals surface area contributed by atoms with Gasteiger partial charge in [-0.05, 0) is 42.5 Å². The molecule has 154 valence electrons. The second-order valence-corrected chi connectivity index (χ2v) is 7.05. The number of hydrogen-bond acceptors (Lipinski definition) is 5. The van der Waals surface area contributed by atoms with Crippen LogP contribution in [0.25, 0.3) is 0 Å². The first-order chi connectivity index (χ1) is 14.6. The van der Waals surface area contributed by atoms with Crippen molar-refractivity contribution < 1.29 is 9.18 Å². The molecule has 2 aromatic carbocycles. The SMILES string of the molecule is O=C(Cn1nc(N2CCN(c3ccc(F)cc3)CC2)ccc1=O)Nc1ccccc1. The number of para-hydroxylation sites is 1. The van der Waals surface area contributed by atoms with Crippen LogP contribution in [-0.2, 0) is 11.3 Å². The highest BCUT2D eigenvalue weighted by atomic mass is 19.1. The predicted octanol–water partition coefficient (Wildman–Crippen LogP) is 2.35. The number of nitrogens with one attached hydrogen (secondary N) is 1. The summed E-state index contributed by atoms with van der Waals surface area (Å²) in [5, 5.41) is 7.15. The number of rotatable bonds is 5. The van der Waals surface area contributed by atoms with E-state index >= 15 is 0 Å². The van der Waals surface area contributed by atoms with Gasteiger partial charge in [-0.3, -0.25) is 9.59 Å². The quantitative estimate of drug-likeness (QED) is 0.703. The smallest absolute Gasteiger partial charge is 0.267 e. The summed E-state index contributed by atoms with van der Waals surface area (Å²) >= 11 is 0. The zero-order valence-corrected chi connectivity index (χ0v) is 16.4. The third-order valence-corrected chi connectivity index (χ3v) is 5.00. The zero-order chi connectivity index (χ0) is 20.9. The van der Waals surface area contributed by atoms with Crippen LogP contribution in [-0.4, -0.2) is 41.9 Å². The van der Waals surface area contributed by atoms with Crippen molar-refractivity contribution in [3.63, 3.8) is 0 Å². The first-order valence-electron chi connectivity index (χ1n) is 9.77. The van der Waals surface area contributed by atoms with Crippen LogP contribution in [0.4, 0.5) is 21.6 Å². The van der Waals surface area contributed by atoms with E-state index in [0.717, 1.165) is 18.8 Å². The molecule has 4 rings (SSSR count). The van der Waals surface area contributed by atoms with Crippen molar-refractivity contribution in [2.24, 2.45) is 0 Å². The molecular formula is C22H22FN5O2. The molecule has 1 amide bonds. The highest BCUT2D eigenvalue weighted by Gasteiger charge is 2.19. The van der Waals surface area contributed by atoms with Gasteiger partial charge in [0.2, 0.25) is 5.91 Å². The fraction of sp³-hybridized carbons (Fsp3) is 0.227. The minimum atomic E-state index is -0.327. The number of piperazine rings is 1. The van der Waals surface area contributed by atoms with Gasteiger partial charge in [-0.15, -0.1) is 0 Å². The van der Waals surface area contributed by atoms with Crippen LogP contribution in [0.15, 0.2) is 71.5 Å². The van der Waals surface area contributed by atoms with Crippen LogP contribution < -0.4 is 20.7 Å². The van der Waals surface area contributed by atoms with E-state index in [-0.39, 0.29) is 23.8 Å². The highest BCUT2D eigenvalue weighted by molar-refractivity contribution is 5.90. The Hall–Kier alpha value is -3.68. The molecule has 0 saturated carbocycles. The molecule has 0 spiro atoms. The number of hydrogen-bond donors (Lipinski definition) is 1. The Kier molecular flexibility index (Phi) is 5.74. The van der Waals surface area contributed by atoms with Crippen molar-refractivity contribution >= 4 is 23.1 Å². The fourth-order valence-corrected chi connectivity index (χ4v) is 3.42. The van der Waals surface area contributed by atoms with E-state index in [2.05, 4.69) is 20.2 Å². The predicted molar refractivity (Wildman–Crippen MR) is 114 cm³/mol. The van der Waals surface area contributed by atoms with Gasteiger partial charge in [0.05, 0.1) is 0 Å². The lowest BCUT2D eigenvalue weighted by atomic mass is 10.2. The molecule has 0 atom stereocenters. The largest absolute Gasteiger partial charge is 0.368 e. The van der Waals surface area contributed by atoms with Gasteiger partial charge in [0.1, 0.15) is 18.2 Å². The second-order valence-electron chi connectivity index (χ2n) is 7.05. The van der Waals surface area contributed by atoms with E-state index < -0.39 is 0 Å². The van der Waals surface area contributed by atoms with Gasteiger partial charge in [-0.2, -0.15) is 5.10 Å². The van der Waals surface area contributed by atoms with E-state index in [0.29, 0.717) is 24.6 Å². The Balaban J connectivity index is 1.40. The Morgan fingerprint density at radius 2 is 1.57 bits per heavy atom. The van der Waals surface area contributed by atoms with Gasteiger partial charge >= 0.3 is 0 Å². The van der Waals surface area contributed by atoms with Crippen LogP contribution in [0.3, 0.4) is 0 Å². The monoisotopic (exact) mass is 407 g/mol.